The van der Waals surface area contributed by atoms with Gasteiger partial charge in [0.15, 0.2) is 0 Å². The van der Waals surface area contributed by atoms with Gasteiger partial charge >= 0.3 is 0 Å². The van der Waals surface area contributed by atoms with Gasteiger partial charge in [-0.05, 0) is 54.9 Å². The topological polar surface area (TPSA) is 0 Å². The molecule has 0 saturated carbocycles. The molecule has 2 rings (SSSR count). The summed E-state index contributed by atoms with van der Waals surface area (Å²) in [6.07, 6.45) is 31.4. The summed E-state index contributed by atoms with van der Waals surface area (Å²) in [7, 11) is 0. The molecule has 0 aliphatic heterocycles. The van der Waals surface area contributed by atoms with E-state index in [2.05, 4.69) is 61.5 Å². The molecule has 0 nitrogen and oxygen atoms in total. The zero-order chi connectivity index (χ0) is 22.5. The number of unbranched alkanes of at least 4 members (excludes halogenated alkanes) is 16. The Morgan fingerprint density at radius 1 is 0.500 bits per heavy atom. The third-order valence-electron chi connectivity index (χ3n) is 6.84. The molecule has 0 fully saturated rings. The van der Waals surface area contributed by atoms with Gasteiger partial charge in [0, 0.05) is 0 Å². The minimum Gasteiger partial charge on any atom is -0.0885 e. The highest BCUT2D eigenvalue weighted by atomic mass is 14.0. The molecule has 0 heterocycles. The second-order valence-corrected chi connectivity index (χ2v) is 9.74. The van der Waals surface area contributed by atoms with Gasteiger partial charge in [0.2, 0.25) is 0 Å². The van der Waals surface area contributed by atoms with E-state index in [-0.39, 0.29) is 0 Å². The van der Waals surface area contributed by atoms with E-state index in [9.17, 15) is 0 Å². The van der Waals surface area contributed by atoms with Crippen LogP contribution in [-0.4, -0.2) is 0 Å². The molecule has 32 heavy (non-hydrogen) atoms. The van der Waals surface area contributed by atoms with Crippen LogP contribution in [0.25, 0.3) is 10.8 Å². The average Bonchev–Trinajstić information content (AvgIpc) is 2.83. The fourth-order valence-electron chi connectivity index (χ4n) is 4.78. The highest BCUT2D eigenvalue weighted by Crippen LogP contribution is 2.20. The third-order valence-corrected chi connectivity index (χ3v) is 6.84. The highest BCUT2D eigenvalue weighted by Gasteiger charge is 2.00. The number of hydrogen-bond acceptors (Lipinski definition) is 0. The minimum atomic E-state index is 1.21. The lowest BCUT2D eigenvalue weighted by atomic mass is 9.99. The van der Waals surface area contributed by atoms with Crippen LogP contribution in [0.2, 0.25) is 0 Å². The van der Waals surface area contributed by atoms with Crippen LogP contribution in [0.4, 0.5) is 0 Å². The van der Waals surface area contributed by atoms with Gasteiger partial charge in [-0.15, -0.1) is 0 Å². The molecule has 0 heteroatoms. The number of hydrogen-bond donors (Lipinski definition) is 0. The molecule has 0 atom stereocenters. The van der Waals surface area contributed by atoms with Crippen molar-refractivity contribution in [3.63, 3.8) is 0 Å². The van der Waals surface area contributed by atoms with Crippen molar-refractivity contribution < 1.29 is 0 Å². The van der Waals surface area contributed by atoms with E-state index in [0.717, 1.165) is 0 Å². The molecule has 0 N–H and O–H groups in total. The standard InChI is InChI=1S/C32H50/c1-2-3-4-5-6-7-8-9-10-11-12-13-14-15-16-17-18-19-20-21-25-30-27-24-28-31-26-22-23-29-32(30)31/h16-17,22-24,26-29H,2-15,18-21,25H2,1H3/b17-16+. The van der Waals surface area contributed by atoms with Gasteiger partial charge in [-0.25, -0.2) is 0 Å². The Bertz CT molecular complexity index is 706. The first-order valence-electron chi connectivity index (χ1n) is 14.0. The monoisotopic (exact) mass is 434 g/mol. The molecule has 0 aliphatic carbocycles. The molecule has 0 saturated heterocycles. The fraction of sp³-hybridized carbons (Fsp3) is 0.625. The van der Waals surface area contributed by atoms with Crippen LogP contribution < -0.4 is 0 Å². The molecule has 2 aromatic rings. The van der Waals surface area contributed by atoms with Crippen LogP contribution in [0, 0.1) is 0 Å². The van der Waals surface area contributed by atoms with E-state index in [0.29, 0.717) is 0 Å². The van der Waals surface area contributed by atoms with Crippen molar-refractivity contribution in [2.75, 3.05) is 0 Å². The van der Waals surface area contributed by atoms with E-state index >= 15 is 0 Å². The molecule has 0 spiro atoms. The van der Waals surface area contributed by atoms with Gasteiger partial charge in [0.05, 0.1) is 0 Å². The zero-order valence-corrected chi connectivity index (χ0v) is 21.1. The van der Waals surface area contributed by atoms with Gasteiger partial charge in [-0.3, -0.25) is 0 Å². The molecule has 0 amide bonds. The first kappa shape index (κ1) is 26.7. The maximum absolute atomic E-state index is 2.43. The summed E-state index contributed by atoms with van der Waals surface area (Å²) in [5, 5.41) is 2.81. The molecule has 2 aromatic carbocycles. The van der Waals surface area contributed by atoms with Crippen molar-refractivity contribution in [3.8, 4) is 0 Å². The van der Waals surface area contributed by atoms with E-state index in [1.807, 2.05) is 0 Å². The quantitative estimate of drug-likeness (QED) is 0.143. The summed E-state index contributed by atoms with van der Waals surface area (Å²) in [5.74, 6) is 0. The van der Waals surface area contributed by atoms with Crippen molar-refractivity contribution in [1.82, 2.24) is 0 Å². The Hall–Kier alpha value is -1.56. The van der Waals surface area contributed by atoms with E-state index in [1.54, 1.807) is 0 Å². The van der Waals surface area contributed by atoms with E-state index in [1.165, 1.54) is 138 Å². The summed E-state index contributed by atoms with van der Waals surface area (Å²) in [6.45, 7) is 2.30. The van der Waals surface area contributed by atoms with Crippen LogP contribution in [0.1, 0.15) is 128 Å². The Labute approximate surface area is 199 Å². The van der Waals surface area contributed by atoms with Crippen molar-refractivity contribution in [2.24, 2.45) is 0 Å². The fourth-order valence-corrected chi connectivity index (χ4v) is 4.78. The molecule has 178 valence electrons. The number of benzene rings is 2. The molecule has 0 radical (unpaired) electrons. The second kappa shape index (κ2) is 19.0. The van der Waals surface area contributed by atoms with Crippen LogP contribution in [0.3, 0.4) is 0 Å². The maximum Gasteiger partial charge on any atom is -0.0152 e. The maximum atomic E-state index is 2.43. The van der Waals surface area contributed by atoms with Gasteiger partial charge in [0.25, 0.3) is 0 Å². The molecule has 0 aliphatic rings. The third kappa shape index (κ3) is 12.5. The van der Waals surface area contributed by atoms with Crippen molar-refractivity contribution in [1.29, 1.82) is 0 Å². The Morgan fingerprint density at radius 3 is 1.62 bits per heavy atom. The summed E-state index contributed by atoms with van der Waals surface area (Å²) < 4.78 is 0. The number of fused-ring (bicyclic) bond motifs is 1. The lowest BCUT2D eigenvalue weighted by Gasteiger charge is -2.06. The highest BCUT2D eigenvalue weighted by molar-refractivity contribution is 5.85. The molecule has 0 unspecified atom stereocenters. The van der Waals surface area contributed by atoms with Crippen molar-refractivity contribution in [2.45, 2.75) is 129 Å². The van der Waals surface area contributed by atoms with Crippen LogP contribution in [0.15, 0.2) is 54.6 Å². The Balaban J connectivity index is 1.34. The van der Waals surface area contributed by atoms with Crippen molar-refractivity contribution >= 4 is 10.8 Å². The predicted octanol–water partition coefficient (Wildman–Crippen LogP) is 11.0. The summed E-state index contributed by atoms with van der Waals surface area (Å²) in [6, 6.07) is 15.5. The lowest BCUT2D eigenvalue weighted by Crippen LogP contribution is -1.88. The summed E-state index contributed by atoms with van der Waals surface area (Å²) in [5.41, 5.74) is 1.51. The second-order valence-electron chi connectivity index (χ2n) is 9.74. The predicted molar refractivity (Wildman–Crippen MR) is 146 cm³/mol. The SMILES string of the molecule is CCCCCCCCCCCCCCC/C=C/CCCCCc1cccc2ccccc12. The van der Waals surface area contributed by atoms with E-state index < -0.39 is 0 Å². The number of allylic oxidation sites excluding steroid dienone is 2. The van der Waals surface area contributed by atoms with Crippen LogP contribution in [0.5, 0.6) is 0 Å². The average molecular weight is 435 g/mol. The van der Waals surface area contributed by atoms with Gasteiger partial charge in [0.1, 0.15) is 0 Å². The normalized spacial score (nSPS) is 11.7. The smallest absolute Gasteiger partial charge is 0.0152 e. The first-order valence-corrected chi connectivity index (χ1v) is 14.0. The minimum absolute atomic E-state index is 1.21. The van der Waals surface area contributed by atoms with Crippen LogP contribution >= 0.6 is 0 Å². The molecular weight excluding hydrogens is 384 g/mol. The number of rotatable bonds is 20. The summed E-state index contributed by atoms with van der Waals surface area (Å²) >= 11 is 0. The van der Waals surface area contributed by atoms with E-state index in [4.69, 9.17) is 0 Å². The zero-order valence-electron chi connectivity index (χ0n) is 21.1. The largest absolute Gasteiger partial charge is 0.0885 e. The van der Waals surface area contributed by atoms with Gasteiger partial charge < -0.3 is 0 Å². The van der Waals surface area contributed by atoms with Gasteiger partial charge in [-0.2, -0.15) is 0 Å². The first-order chi connectivity index (χ1) is 15.9. The Kier molecular flexibility index (Phi) is 15.8. The molecule has 0 bridgehead atoms. The van der Waals surface area contributed by atoms with Crippen LogP contribution in [-0.2, 0) is 6.42 Å². The Morgan fingerprint density at radius 2 is 1.00 bits per heavy atom. The summed E-state index contributed by atoms with van der Waals surface area (Å²) in [4.78, 5) is 0. The van der Waals surface area contributed by atoms with Gasteiger partial charge in [-0.1, -0.05) is 145 Å². The molecular formula is C32H50. The lowest BCUT2D eigenvalue weighted by molar-refractivity contribution is 0.540. The van der Waals surface area contributed by atoms with Crippen molar-refractivity contribution in [3.05, 3.63) is 60.2 Å². The number of aryl methyl sites for hydroxylation is 1. The molecule has 0 aromatic heterocycles.